The van der Waals surface area contributed by atoms with E-state index in [0.29, 0.717) is 5.69 Å². The summed E-state index contributed by atoms with van der Waals surface area (Å²) in [7, 11) is 1.85. The van der Waals surface area contributed by atoms with E-state index in [1.807, 2.05) is 43.1 Å². The predicted molar refractivity (Wildman–Crippen MR) is 75.4 cm³/mol. The summed E-state index contributed by atoms with van der Waals surface area (Å²) in [6.07, 6.45) is 4.55. The van der Waals surface area contributed by atoms with Crippen LogP contribution in [-0.2, 0) is 13.5 Å². The second-order valence-electron chi connectivity index (χ2n) is 4.87. The summed E-state index contributed by atoms with van der Waals surface area (Å²) < 4.78 is 3.67. The summed E-state index contributed by atoms with van der Waals surface area (Å²) in [6.45, 7) is 6.13. The zero-order valence-electron chi connectivity index (χ0n) is 11.8. The molecule has 19 heavy (non-hydrogen) atoms. The molecule has 0 aliphatic carbocycles. The fourth-order valence-electron chi connectivity index (χ4n) is 2.12. The maximum absolute atomic E-state index is 12.3. The minimum atomic E-state index is -0.0959. The lowest BCUT2D eigenvalue weighted by Gasteiger charge is -2.12. The van der Waals surface area contributed by atoms with Gasteiger partial charge in [0.25, 0.3) is 5.91 Å². The summed E-state index contributed by atoms with van der Waals surface area (Å²) in [4.78, 5) is 12.3. The van der Waals surface area contributed by atoms with Gasteiger partial charge in [-0.3, -0.25) is 9.48 Å². The molecule has 1 N–H and O–H groups in total. The Balaban J connectivity index is 2.23. The standard InChI is InChI=1S/C14H20N4O/c1-5-11-12(9-17(4)16-11)15-14(19)13-7-6-8-18(13)10(2)3/h6-10H,5H2,1-4H3,(H,15,19). The molecule has 102 valence electrons. The van der Waals surface area contributed by atoms with Gasteiger partial charge in [0.2, 0.25) is 0 Å². The van der Waals surface area contributed by atoms with Gasteiger partial charge in [-0.2, -0.15) is 5.10 Å². The second-order valence-corrected chi connectivity index (χ2v) is 4.87. The van der Waals surface area contributed by atoms with Crippen molar-refractivity contribution in [3.05, 3.63) is 35.9 Å². The molecule has 5 nitrogen and oxygen atoms in total. The van der Waals surface area contributed by atoms with Gasteiger partial charge in [-0.05, 0) is 32.4 Å². The van der Waals surface area contributed by atoms with Gasteiger partial charge in [0, 0.05) is 25.5 Å². The fourth-order valence-corrected chi connectivity index (χ4v) is 2.12. The Hall–Kier alpha value is -2.04. The van der Waals surface area contributed by atoms with Gasteiger partial charge in [-0.1, -0.05) is 6.92 Å². The highest BCUT2D eigenvalue weighted by Crippen LogP contribution is 2.17. The molecule has 0 unspecified atom stereocenters. The number of carbonyl (C=O) groups is 1. The molecule has 2 aromatic heterocycles. The molecule has 2 heterocycles. The van der Waals surface area contributed by atoms with Crippen molar-refractivity contribution in [1.82, 2.24) is 14.3 Å². The van der Waals surface area contributed by atoms with Crippen LogP contribution in [0.15, 0.2) is 24.5 Å². The van der Waals surface area contributed by atoms with Crippen LogP contribution in [0.2, 0.25) is 0 Å². The lowest BCUT2D eigenvalue weighted by atomic mass is 10.3. The minimum Gasteiger partial charge on any atom is -0.341 e. The lowest BCUT2D eigenvalue weighted by molar-refractivity contribution is 0.101. The van der Waals surface area contributed by atoms with Gasteiger partial charge in [-0.25, -0.2) is 0 Å². The first-order valence-electron chi connectivity index (χ1n) is 6.53. The average Bonchev–Trinajstić information content (AvgIpc) is 2.95. The Labute approximate surface area is 113 Å². The van der Waals surface area contributed by atoms with E-state index in [2.05, 4.69) is 24.3 Å². The van der Waals surface area contributed by atoms with Crippen molar-refractivity contribution in [1.29, 1.82) is 0 Å². The number of hydrogen-bond acceptors (Lipinski definition) is 2. The van der Waals surface area contributed by atoms with E-state index in [1.165, 1.54) is 0 Å². The average molecular weight is 260 g/mol. The maximum Gasteiger partial charge on any atom is 0.272 e. The Morgan fingerprint density at radius 1 is 1.47 bits per heavy atom. The molecular formula is C14H20N4O. The van der Waals surface area contributed by atoms with Gasteiger partial charge in [0.1, 0.15) is 5.69 Å². The van der Waals surface area contributed by atoms with Gasteiger partial charge >= 0.3 is 0 Å². The molecule has 2 rings (SSSR count). The summed E-state index contributed by atoms with van der Waals surface area (Å²) in [5.41, 5.74) is 2.35. The van der Waals surface area contributed by atoms with E-state index in [9.17, 15) is 4.79 Å². The molecule has 0 saturated heterocycles. The third-order valence-corrected chi connectivity index (χ3v) is 3.06. The molecule has 0 fully saturated rings. The zero-order valence-corrected chi connectivity index (χ0v) is 11.8. The van der Waals surface area contributed by atoms with E-state index in [0.717, 1.165) is 17.8 Å². The molecule has 1 amide bonds. The van der Waals surface area contributed by atoms with E-state index in [1.54, 1.807) is 4.68 Å². The predicted octanol–water partition coefficient (Wildman–Crippen LogP) is 2.62. The number of aromatic nitrogens is 3. The number of aryl methyl sites for hydroxylation is 2. The normalized spacial score (nSPS) is 11.0. The van der Waals surface area contributed by atoms with Crippen molar-refractivity contribution < 1.29 is 4.79 Å². The molecule has 0 aliphatic heterocycles. The van der Waals surface area contributed by atoms with Crippen molar-refractivity contribution in [2.75, 3.05) is 5.32 Å². The summed E-state index contributed by atoms with van der Waals surface area (Å²) in [5, 5.41) is 7.25. The lowest BCUT2D eigenvalue weighted by Crippen LogP contribution is -2.18. The highest BCUT2D eigenvalue weighted by atomic mass is 16.2. The Morgan fingerprint density at radius 3 is 2.84 bits per heavy atom. The van der Waals surface area contributed by atoms with Crippen molar-refractivity contribution in [2.24, 2.45) is 7.05 Å². The van der Waals surface area contributed by atoms with Crippen molar-refractivity contribution in [3.63, 3.8) is 0 Å². The molecule has 5 heteroatoms. The van der Waals surface area contributed by atoms with Crippen LogP contribution in [0.5, 0.6) is 0 Å². The van der Waals surface area contributed by atoms with Gasteiger partial charge in [0.05, 0.1) is 11.4 Å². The van der Waals surface area contributed by atoms with Crippen LogP contribution in [0.4, 0.5) is 5.69 Å². The zero-order chi connectivity index (χ0) is 14.0. The van der Waals surface area contributed by atoms with Crippen LogP contribution in [-0.4, -0.2) is 20.3 Å². The number of carbonyl (C=O) groups excluding carboxylic acids is 1. The fraction of sp³-hybridized carbons (Fsp3) is 0.429. The summed E-state index contributed by atoms with van der Waals surface area (Å²) >= 11 is 0. The number of nitrogens with zero attached hydrogens (tertiary/aromatic N) is 3. The highest BCUT2D eigenvalue weighted by molar-refractivity contribution is 6.03. The molecule has 0 aliphatic rings. The van der Waals surface area contributed by atoms with E-state index in [4.69, 9.17) is 0 Å². The largest absolute Gasteiger partial charge is 0.341 e. The van der Waals surface area contributed by atoms with Crippen molar-refractivity contribution in [3.8, 4) is 0 Å². The summed E-state index contributed by atoms with van der Waals surface area (Å²) in [5.74, 6) is -0.0959. The van der Waals surface area contributed by atoms with Gasteiger partial charge in [0.15, 0.2) is 0 Å². The van der Waals surface area contributed by atoms with Crippen LogP contribution in [0.3, 0.4) is 0 Å². The Kier molecular flexibility index (Phi) is 3.74. The molecule has 0 aromatic carbocycles. The van der Waals surface area contributed by atoms with Crippen molar-refractivity contribution >= 4 is 11.6 Å². The van der Waals surface area contributed by atoms with Gasteiger partial charge < -0.3 is 9.88 Å². The molecule has 0 radical (unpaired) electrons. The molecule has 2 aromatic rings. The third kappa shape index (κ3) is 2.70. The second kappa shape index (κ2) is 5.30. The van der Waals surface area contributed by atoms with E-state index < -0.39 is 0 Å². The molecular weight excluding hydrogens is 240 g/mol. The monoisotopic (exact) mass is 260 g/mol. The minimum absolute atomic E-state index is 0.0959. The third-order valence-electron chi connectivity index (χ3n) is 3.06. The first kappa shape index (κ1) is 13.4. The molecule has 0 saturated carbocycles. The van der Waals surface area contributed by atoms with E-state index in [-0.39, 0.29) is 11.9 Å². The molecule has 0 spiro atoms. The first-order chi connectivity index (χ1) is 9.02. The van der Waals surface area contributed by atoms with Gasteiger partial charge in [-0.15, -0.1) is 0 Å². The number of nitrogens with one attached hydrogen (secondary N) is 1. The van der Waals surface area contributed by atoms with Crippen LogP contribution in [0.1, 0.15) is 43.0 Å². The maximum atomic E-state index is 12.3. The number of amides is 1. The number of anilines is 1. The Morgan fingerprint density at radius 2 is 2.21 bits per heavy atom. The van der Waals surface area contributed by atoms with Crippen LogP contribution in [0, 0.1) is 0 Å². The van der Waals surface area contributed by atoms with Crippen LogP contribution in [0.25, 0.3) is 0 Å². The quantitative estimate of drug-likeness (QED) is 0.918. The smallest absolute Gasteiger partial charge is 0.272 e. The number of hydrogen-bond donors (Lipinski definition) is 1. The summed E-state index contributed by atoms with van der Waals surface area (Å²) in [6, 6.07) is 3.98. The Bertz CT molecular complexity index is 580. The molecule has 0 atom stereocenters. The van der Waals surface area contributed by atoms with Crippen LogP contribution >= 0.6 is 0 Å². The SMILES string of the molecule is CCc1nn(C)cc1NC(=O)c1cccn1C(C)C. The topological polar surface area (TPSA) is 51.9 Å². The number of rotatable bonds is 4. The van der Waals surface area contributed by atoms with Crippen LogP contribution < -0.4 is 5.32 Å². The first-order valence-corrected chi connectivity index (χ1v) is 6.53. The van der Waals surface area contributed by atoms with E-state index >= 15 is 0 Å². The molecule has 0 bridgehead atoms. The van der Waals surface area contributed by atoms with Crippen molar-refractivity contribution in [2.45, 2.75) is 33.2 Å². The highest BCUT2D eigenvalue weighted by Gasteiger charge is 2.15.